The van der Waals surface area contributed by atoms with Crippen LogP contribution >= 0.6 is 0 Å². The third kappa shape index (κ3) is 1.43. The van der Waals surface area contributed by atoms with Crippen LogP contribution in [0.3, 0.4) is 0 Å². The Morgan fingerprint density at radius 3 is 2.64 bits per heavy atom. The lowest BCUT2D eigenvalue weighted by atomic mass is 10.3. The lowest BCUT2D eigenvalue weighted by molar-refractivity contribution is 0.0692. The van der Waals surface area contributed by atoms with E-state index in [4.69, 9.17) is 9.84 Å². The van der Waals surface area contributed by atoms with E-state index < -0.39 is 5.97 Å². The molecule has 0 saturated carbocycles. The molecule has 0 spiro atoms. The molecule has 0 bridgehead atoms. The third-order valence-corrected chi connectivity index (χ3v) is 1.14. The number of nitrogens with zero attached hydrogens (tertiary/aromatic N) is 2. The van der Waals surface area contributed by atoms with Gasteiger partial charge < -0.3 is 9.84 Å². The monoisotopic (exact) mass is 154 g/mol. The number of carboxylic acids is 1. The molecule has 1 aromatic heterocycles. The van der Waals surface area contributed by atoms with Crippen LogP contribution in [0.4, 0.5) is 0 Å². The summed E-state index contributed by atoms with van der Waals surface area (Å²) in [5.41, 5.74) is 0.0162. The van der Waals surface area contributed by atoms with Crippen molar-refractivity contribution >= 4 is 5.97 Å². The SMILES string of the molecule is COc1cnncc1C(=O)O. The largest absolute Gasteiger partial charge is 0.494 e. The Hall–Kier alpha value is -1.65. The van der Waals surface area contributed by atoms with Crippen molar-refractivity contribution in [2.75, 3.05) is 7.11 Å². The predicted molar refractivity (Wildman–Crippen MR) is 35.5 cm³/mol. The highest BCUT2D eigenvalue weighted by Crippen LogP contribution is 2.13. The minimum Gasteiger partial charge on any atom is -0.494 e. The van der Waals surface area contributed by atoms with E-state index in [0.29, 0.717) is 0 Å². The van der Waals surface area contributed by atoms with Crippen LogP contribution in [0.1, 0.15) is 10.4 Å². The van der Waals surface area contributed by atoms with Gasteiger partial charge in [-0.3, -0.25) is 0 Å². The first-order chi connectivity index (χ1) is 5.25. The summed E-state index contributed by atoms with van der Waals surface area (Å²) in [6.45, 7) is 0. The Kier molecular flexibility index (Phi) is 2.00. The molecule has 0 saturated heterocycles. The molecule has 1 heterocycles. The second-order valence-electron chi connectivity index (χ2n) is 1.78. The fraction of sp³-hybridized carbons (Fsp3) is 0.167. The summed E-state index contributed by atoms with van der Waals surface area (Å²) in [5, 5.41) is 15.4. The maximum absolute atomic E-state index is 10.4. The molecule has 0 amide bonds. The van der Waals surface area contributed by atoms with Crippen molar-refractivity contribution < 1.29 is 14.6 Å². The highest BCUT2D eigenvalue weighted by molar-refractivity contribution is 5.90. The zero-order valence-electron chi connectivity index (χ0n) is 5.81. The average molecular weight is 154 g/mol. The minimum absolute atomic E-state index is 0.0162. The van der Waals surface area contributed by atoms with Gasteiger partial charge in [0, 0.05) is 0 Å². The van der Waals surface area contributed by atoms with E-state index in [2.05, 4.69) is 10.2 Å². The summed E-state index contributed by atoms with van der Waals surface area (Å²) in [5.74, 6) is -0.857. The fourth-order valence-corrected chi connectivity index (χ4v) is 0.633. The van der Waals surface area contributed by atoms with E-state index >= 15 is 0 Å². The van der Waals surface area contributed by atoms with Crippen molar-refractivity contribution in [1.29, 1.82) is 0 Å². The van der Waals surface area contributed by atoms with Crippen LogP contribution in [-0.2, 0) is 0 Å². The normalized spacial score (nSPS) is 9.18. The highest BCUT2D eigenvalue weighted by Gasteiger charge is 2.09. The Morgan fingerprint density at radius 2 is 2.18 bits per heavy atom. The van der Waals surface area contributed by atoms with Crippen molar-refractivity contribution in [1.82, 2.24) is 10.2 Å². The van der Waals surface area contributed by atoms with Crippen LogP contribution in [0, 0.1) is 0 Å². The van der Waals surface area contributed by atoms with Crippen LogP contribution in [0.15, 0.2) is 12.4 Å². The molecular formula is C6H6N2O3. The van der Waals surface area contributed by atoms with Crippen LogP contribution in [0.2, 0.25) is 0 Å². The van der Waals surface area contributed by atoms with E-state index in [-0.39, 0.29) is 11.3 Å². The molecule has 0 aromatic carbocycles. The molecule has 58 valence electrons. The van der Waals surface area contributed by atoms with E-state index in [1.165, 1.54) is 13.3 Å². The van der Waals surface area contributed by atoms with Crippen molar-refractivity contribution in [2.24, 2.45) is 0 Å². The molecule has 1 rings (SSSR count). The zero-order valence-corrected chi connectivity index (χ0v) is 5.81. The molecule has 1 N–H and O–H groups in total. The van der Waals surface area contributed by atoms with Gasteiger partial charge in [0.15, 0.2) is 5.75 Å². The highest BCUT2D eigenvalue weighted by atomic mass is 16.5. The second kappa shape index (κ2) is 2.96. The fourth-order valence-electron chi connectivity index (χ4n) is 0.633. The Labute approximate surface area is 62.6 Å². The molecule has 5 nitrogen and oxygen atoms in total. The topological polar surface area (TPSA) is 72.3 Å². The number of aromatic carboxylic acids is 1. The standard InChI is InChI=1S/C6H6N2O3/c1-11-5-3-8-7-2-4(5)6(9)10/h2-3H,1H3,(H,9,10). The number of ether oxygens (including phenoxy) is 1. The summed E-state index contributed by atoms with van der Waals surface area (Å²) in [6, 6.07) is 0. The van der Waals surface area contributed by atoms with E-state index in [1.807, 2.05) is 0 Å². The molecule has 0 atom stereocenters. The van der Waals surface area contributed by atoms with Crippen LogP contribution in [-0.4, -0.2) is 28.4 Å². The number of aromatic nitrogens is 2. The predicted octanol–water partition coefficient (Wildman–Crippen LogP) is 0.183. The van der Waals surface area contributed by atoms with E-state index in [1.54, 1.807) is 0 Å². The van der Waals surface area contributed by atoms with Gasteiger partial charge in [-0.25, -0.2) is 4.79 Å². The summed E-state index contributed by atoms with van der Waals surface area (Å²) in [7, 11) is 1.38. The molecule has 0 aliphatic carbocycles. The number of carboxylic acid groups (broad SMARTS) is 1. The van der Waals surface area contributed by atoms with Gasteiger partial charge in [0.2, 0.25) is 0 Å². The summed E-state index contributed by atoms with van der Waals surface area (Å²) >= 11 is 0. The molecule has 11 heavy (non-hydrogen) atoms. The molecular weight excluding hydrogens is 148 g/mol. The third-order valence-electron chi connectivity index (χ3n) is 1.14. The smallest absolute Gasteiger partial charge is 0.341 e. The lowest BCUT2D eigenvalue weighted by Crippen LogP contribution is -2.01. The number of hydrogen-bond acceptors (Lipinski definition) is 4. The molecule has 0 aliphatic rings. The summed E-state index contributed by atoms with van der Waals surface area (Å²) in [4.78, 5) is 10.4. The maximum atomic E-state index is 10.4. The van der Waals surface area contributed by atoms with Gasteiger partial charge >= 0.3 is 5.97 Å². The Morgan fingerprint density at radius 1 is 1.55 bits per heavy atom. The first kappa shape index (κ1) is 7.46. The molecule has 1 aromatic rings. The Bertz CT molecular complexity index is 274. The molecule has 5 heteroatoms. The quantitative estimate of drug-likeness (QED) is 0.657. The first-order valence-electron chi connectivity index (χ1n) is 2.83. The van der Waals surface area contributed by atoms with Gasteiger partial charge in [-0.15, -0.1) is 0 Å². The summed E-state index contributed by atoms with van der Waals surface area (Å²) < 4.78 is 4.72. The first-order valence-corrected chi connectivity index (χ1v) is 2.83. The zero-order chi connectivity index (χ0) is 8.27. The molecule has 0 aliphatic heterocycles. The van der Waals surface area contributed by atoms with Crippen molar-refractivity contribution in [2.45, 2.75) is 0 Å². The maximum Gasteiger partial charge on any atom is 0.341 e. The minimum atomic E-state index is -1.07. The van der Waals surface area contributed by atoms with Gasteiger partial charge in [-0.05, 0) is 0 Å². The average Bonchev–Trinajstić information content (AvgIpc) is 2.04. The van der Waals surface area contributed by atoms with E-state index in [0.717, 1.165) is 6.20 Å². The van der Waals surface area contributed by atoms with Crippen LogP contribution < -0.4 is 4.74 Å². The number of hydrogen-bond donors (Lipinski definition) is 1. The summed E-state index contributed by atoms with van der Waals surface area (Å²) in [6.07, 6.45) is 2.39. The van der Waals surface area contributed by atoms with Crippen LogP contribution in [0.25, 0.3) is 0 Å². The van der Waals surface area contributed by atoms with Crippen molar-refractivity contribution in [3.8, 4) is 5.75 Å². The molecule has 0 radical (unpaired) electrons. The number of methoxy groups -OCH3 is 1. The molecule has 0 fully saturated rings. The Balaban J connectivity index is 3.12. The van der Waals surface area contributed by atoms with Crippen molar-refractivity contribution in [3.05, 3.63) is 18.0 Å². The number of carbonyl (C=O) groups is 1. The van der Waals surface area contributed by atoms with E-state index in [9.17, 15) is 4.79 Å². The van der Waals surface area contributed by atoms with Gasteiger partial charge in [-0.2, -0.15) is 10.2 Å². The van der Waals surface area contributed by atoms with Gasteiger partial charge in [0.25, 0.3) is 0 Å². The lowest BCUT2D eigenvalue weighted by Gasteiger charge is -2.00. The number of rotatable bonds is 2. The van der Waals surface area contributed by atoms with Crippen molar-refractivity contribution in [3.63, 3.8) is 0 Å². The molecule has 0 unspecified atom stereocenters. The van der Waals surface area contributed by atoms with Gasteiger partial charge in [-0.1, -0.05) is 0 Å². The van der Waals surface area contributed by atoms with Gasteiger partial charge in [0.05, 0.1) is 19.5 Å². The second-order valence-corrected chi connectivity index (χ2v) is 1.78. The van der Waals surface area contributed by atoms with Crippen LogP contribution in [0.5, 0.6) is 5.75 Å². The van der Waals surface area contributed by atoms with Gasteiger partial charge in [0.1, 0.15) is 5.56 Å².